The highest BCUT2D eigenvalue weighted by molar-refractivity contribution is 6.15. The van der Waals surface area contributed by atoms with Crippen molar-refractivity contribution in [3.8, 4) is 0 Å². The molecule has 0 unspecified atom stereocenters. The van der Waals surface area contributed by atoms with E-state index in [9.17, 15) is 9.59 Å². The van der Waals surface area contributed by atoms with Gasteiger partial charge in [-0.1, -0.05) is 0 Å². The molecule has 0 aromatic carbocycles. The molecule has 2 heterocycles. The molecule has 1 aliphatic rings. The van der Waals surface area contributed by atoms with Crippen molar-refractivity contribution in [3.05, 3.63) is 23.5 Å². The fourth-order valence-corrected chi connectivity index (χ4v) is 1.33. The van der Waals surface area contributed by atoms with E-state index < -0.39 is 0 Å². The predicted octanol–water partition coefficient (Wildman–Crippen LogP) is -0.150. The lowest BCUT2D eigenvalue weighted by Crippen LogP contribution is -2.19. The molecule has 5 nitrogen and oxygen atoms in total. The van der Waals surface area contributed by atoms with Crippen LogP contribution in [0.3, 0.4) is 0 Å². The van der Waals surface area contributed by atoms with Gasteiger partial charge in [-0.15, -0.1) is 0 Å². The summed E-state index contributed by atoms with van der Waals surface area (Å²) in [7, 11) is 1.78. The van der Waals surface area contributed by atoms with Gasteiger partial charge in [0.05, 0.1) is 12.1 Å². The monoisotopic (exact) mass is 191 g/mol. The molecule has 72 valence electrons. The number of rotatable bonds is 1. The lowest BCUT2D eigenvalue weighted by molar-refractivity contribution is -0.124. The van der Waals surface area contributed by atoms with Crippen LogP contribution in [-0.4, -0.2) is 21.6 Å². The highest BCUT2D eigenvalue weighted by Gasteiger charge is 2.23. The molecule has 1 N–H and O–H groups in total. The Hall–Kier alpha value is -1.91. The number of nitrogens with zero attached hydrogens (tertiary/aromatic N) is 2. The number of amides is 2. The van der Waals surface area contributed by atoms with Crippen LogP contribution in [0.4, 0.5) is 0 Å². The minimum atomic E-state index is -0.309. The normalized spacial score (nSPS) is 19.1. The average Bonchev–Trinajstić information content (AvgIpc) is 2.62. The third-order valence-corrected chi connectivity index (χ3v) is 2.08. The maximum absolute atomic E-state index is 11.2. The van der Waals surface area contributed by atoms with Crippen molar-refractivity contribution < 1.29 is 9.59 Å². The summed E-state index contributed by atoms with van der Waals surface area (Å²) in [6.45, 7) is 0. The number of aromatic nitrogens is 2. The molecule has 0 radical (unpaired) electrons. The molecule has 1 aliphatic heterocycles. The SMILES string of the molecule is Cn1nccc1/C=C1/CC(=O)NC1=O. The molecule has 2 rings (SSSR count). The second-order valence-electron chi connectivity index (χ2n) is 3.10. The van der Waals surface area contributed by atoms with Gasteiger partial charge in [0.15, 0.2) is 0 Å². The second-order valence-corrected chi connectivity index (χ2v) is 3.10. The van der Waals surface area contributed by atoms with Gasteiger partial charge in [-0.05, 0) is 12.1 Å². The Labute approximate surface area is 80.4 Å². The fourth-order valence-electron chi connectivity index (χ4n) is 1.33. The Kier molecular flexibility index (Phi) is 1.92. The van der Waals surface area contributed by atoms with Crippen molar-refractivity contribution in [3.63, 3.8) is 0 Å². The maximum Gasteiger partial charge on any atom is 0.254 e. The molecule has 0 saturated carbocycles. The van der Waals surface area contributed by atoms with Crippen LogP contribution >= 0.6 is 0 Å². The number of aryl methyl sites for hydroxylation is 1. The molecule has 0 spiro atoms. The average molecular weight is 191 g/mol. The van der Waals surface area contributed by atoms with Gasteiger partial charge in [-0.2, -0.15) is 5.10 Å². The number of carbonyl (C=O) groups is 2. The molecule has 5 heteroatoms. The van der Waals surface area contributed by atoms with Crippen LogP contribution in [0.2, 0.25) is 0 Å². The largest absolute Gasteiger partial charge is 0.292 e. The topological polar surface area (TPSA) is 64.0 Å². The zero-order valence-corrected chi connectivity index (χ0v) is 7.65. The fraction of sp³-hybridized carbons (Fsp3) is 0.222. The molecule has 0 atom stereocenters. The molecule has 1 saturated heterocycles. The van der Waals surface area contributed by atoms with Crippen molar-refractivity contribution in [2.75, 3.05) is 0 Å². The van der Waals surface area contributed by atoms with Crippen molar-refractivity contribution in [2.24, 2.45) is 7.05 Å². The molecule has 0 aliphatic carbocycles. The number of hydrogen-bond acceptors (Lipinski definition) is 3. The van der Waals surface area contributed by atoms with Crippen LogP contribution in [0.1, 0.15) is 12.1 Å². The molecular formula is C9H9N3O2. The van der Waals surface area contributed by atoms with E-state index in [1.165, 1.54) is 0 Å². The van der Waals surface area contributed by atoms with Crippen molar-refractivity contribution in [1.82, 2.24) is 15.1 Å². The van der Waals surface area contributed by atoms with Gasteiger partial charge in [0.1, 0.15) is 0 Å². The smallest absolute Gasteiger partial charge is 0.254 e. The van der Waals surface area contributed by atoms with E-state index in [-0.39, 0.29) is 18.2 Å². The highest BCUT2D eigenvalue weighted by atomic mass is 16.2. The molecule has 0 bridgehead atoms. The second kappa shape index (κ2) is 3.10. The van der Waals surface area contributed by atoms with E-state index in [0.717, 1.165) is 5.69 Å². The summed E-state index contributed by atoms with van der Waals surface area (Å²) in [5, 5.41) is 6.18. The first-order chi connectivity index (χ1) is 6.66. The quantitative estimate of drug-likeness (QED) is 0.496. The zero-order valence-electron chi connectivity index (χ0n) is 7.65. The van der Waals surface area contributed by atoms with Crippen molar-refractivity contribution in [1.29, 1.82) is 0 Å². The Morgan fingerprint density at radius 1 is 1.57 bits per heavy atom. The van der Waals surface area contributed by atoms with Crippen LogP contribution in [0.25, 0.3) is 6.08 Å². The third-order valence-electron chi connectivity index (χ3n) is 2.08. The number of nitrogens with one attached hydrogen (secondary N) is 1. The van der Waals surface area contributed by atoms with Crippen LogP contribution in [-0.2, 0) is 16.6 Å². The summed E-state index contributed by atoms with van der Waals surface area (Å²) >= 11 is 0. The lowest BCUT2D eigenvalue weighted by atomic mass is 10.2. The predicted molar refractivity (Wildman–Crippen MR) is 49.0 cm³/mol. The number of imide groups is 1. The molecule has 1 aromatic heterocycles. The summed E-state index contributed by atoms with van der Waals surface area (Å²) < 4.78 is 1.64. The van der Waals surface area contributed by atoms with Crippen molar-refractivity contribution in [2.45, 2.75) is 6.42 Å². The zero-order chi connectivity index (χ0) is 10.1. The van der Waals surface area contributed by atoms with Crippen LogP contribution in [0, 0.1) is 0 Å². The molecule has 2 amide bonds. The van der Waals surface area contributed by atoms with E-state index in [0.29, 0.717) is 5.57 Å². The summed E-state index contributed by atoms with van der Waals surface area (Å²) in [6, 6.07) is 1.78. The Balaban J connectivity index is 2.32. The lowest BCUT2D eigenvalue weighted by Gasteiger charge is -1.95. The van der Waals surface area contributed by atoms with Gasteiger partial charge in [0.25, 0.3) is 5.91 Å². The highest BCUT2D eigenvalue weighted by Crippen LogP contribution is 2.13. The first-order valence-electron chi connectivity index (χ1n) is 4.19. The van der Waals surface area contributed by atoms with Gasteiger partial charge in [-0.3, -0.25) is 19.6 Å². The van der Waals surface area contributed by atoms with Crippen LogP contribution < -0.4 is 5.32 Å². The van der Waals surface area contributed by atoms with E-state index >= 15 is 0 Å². The van der Waals surface area contributed by atoms with Gasteiger partial charge in [0, 0.05) is 18.8 Å². The van der Waals surface area contributed by atoms with Gasteiger partial charge in [0.2, 0.25) is 5.91 Å². The maximum atomic E-state index is 11.2. The molecule has 14 heavy (non-hydrogen) atoms. The van der Waals surface area contributed by atoms with Gasteiger partial charge < -0.3 is 0 Å². The van der Waals surface area contributed by atoms with Crippen molar-refractivity contribution >= 4 is 17.9 Å². The molecule has 1 fully saturated rings. The summed E-state index contributed by atoms with van der Waals surface area (Å²) in [4.78, 5) is 22.1. The minimum Gasteiger partial charge on any atom is -0.292 e. The number of hydrogen-bond donors (Lipinski definition) is 1. The summed E-state index contributed by atoms with van der Waals surface area (Å²) in [5.41, 5.74) is 1.29. The molecule has 1 aromatic rings. The summed E-state index contributed by atoms with van der Waals surface area (Å²) in [6.07, 6.45) is 3.47. The summed E-state index contributed by atoms with van der Waals surface area (Å²) in [5.74, 6) is -0.556. The van der Waals surface area contributed by atoms with E-state index in [2.05, 4.69) is 10.4 Å². The van der Waals surface area contributed by atoms with Crippen LogP contribution in [0.15, 0.2) is 17.8 Å². The first kappa shape index (κ1) is 8.68. The standard InChI is InChI=1S/C9H9N3O2/c1-12-7(2-3-10-12)4-6-5-8(13)11-9(6)14/h2-4H,5H2,1H3,(H,11,13,14)/b6-4-. The van der Waals surface area contributed by atoms with Gasteiger partial charge in [-0.25, -0.2) is 0 Å². The molecular weight excluding hydrogens is 182 g/mol. The van der Waals surface area contributed by atoms with Gasteiger partial charge >= 0.3 is 0 Å². The Morgan fingerprint density at radius 3 is 2.86 bits per heavy atom. The van der Waals surface area contributed by atoms with E-state index in [1.54, 1.807) is 30.1 Å². The first-order valence-corrected chi connectivity index (χ1v) is 4.19. The Morgan fingerprint density at radius 2 is 2.36 bits per heavy atom. The third kappa shape index (κ3) is 1.44. The number of carbonyl (C=O) groups excluding carboxylic acids is 2. The Bertz CT molecular complexity index is 431. The van der Waals surface area contributed by atoms with E-state index in [1.807, 2.05) is 0 Å². The van der Waals surface area contributed by atoms with Crippen LogP contribution in [0.5, 0.6) is 0 Å². The minimum absolute atomic E-state index is 0.157. The van der Waals surface area contributed by atoms with E-state index in [4.69, 9.17) is 0 Å².